The molecule has 0 aromatic rings. The van der Waals surface area contributed by atoms with Crippen molar-refractivity contribution in [2.24, 2.45) is 0 Å². The van der Waals surface area contributed by atoms with E-state index in [0.29, 0.717) is 19.4 Å². The summed E-state index contributed by atoms with van der Waals surface area (Å²) in [6, 6.07) is -0.628. The molecule has 0 aliphatic heterocycles. The highest BCUT2D eigenvalue weighted by atomic mass is 16.5. The number of ether oxygens (including phenoxy) is 1. The molecule has 0 aliphatic carbocycles. The minimum absolute atomic E-state index is 0.00824. The lowest BCUT2D eigenvalue weighted by molar-refractivity contribution is -0.143. The van der Waals surface area contributed by atoms with E-state index in [1.54, 1.807) is 6.08 Å². The number of carbonyl (C=O) groups is 2. The van der Waals surface area contributed by atoms with Crippen LogP contribution in [-0.2, 0) is 14.3 Å². The summed E-state index contributed by atoms with van der Waals surface area (Å²) >= 11 is 0. The molecule has 0 spiro atoms. The van der Waals surface area contributed by atoms with Crippen molar-refractivity contribution in [1.82, 2.24) is 5.32 Å². The van der Waals surface area contributed by atoms with E-state index < -0.39 is 12.1 Å². The third kappa shape index (κ3) is 46.1. The molecule has 6 nitrogen and oxygen atoms in total. The predicted molar refractivity (Wildman–Crippen MR) is 260 cm³/mol. The number of esters is 1. The molecular formula is C54H105NO5. The van der Waals surface area contributed by atoms with Crippen molar-refractivity contribution in [1.29, 1.82) is 0 Å². The molecule has 2 unspecified atom stereocenters. The zero-order valence-electron chi connectivity index (χ0n) is 40.5. The van der Waals surface area contributed by atoms with Crippen molar-refractivity contribution >= 4 is 11.9 Å². The Labute approximate surface area is 374 Å². The Hall–Kier alpha value is -1.40. The number of amides is 1. The summed E-state index contributed by atoms with van der Waals surface area (Å²) in [5, 5.41) is 22.9. The number of unbranched alkanes of at least 4 members (excludes halogenated alkanes) is 39. The lowest BCUT2D eigenvalue weighted by Crippen LogP contribution is -2.45. The number of nitrogens with one attached hydrogen (secondary N) is 1. The summed E-state index contributed by atoms with van der Waals surface area (Å²) in [7, 11) is 0. The quantitative estimate of drug-likeness (QED) is 0.0322. The molecule has 0 rings (SSSR count). The second-order valence-corrected chi connectivity index (χ2v) is 18.6. The maximum absolute atomic E-state index is 12.4. The van der Waals surface area contributed by atoms with Crippen LogP contribution in [0.15, 0.2) is 12.2 Å². The molecule has 0 saturated heterocycles. The van der Waals surface area contributed by atoms with E-state index >= 15 is 0 Å². The summed E-state index contributed by atoms with van der Waals surface area (Å²) in [5.74, 6) is -0.0669. The first-order chi connectivity index (χ1) is 29.5. The van der Waals surface area contributed by atoms with E-state index in [1.165, 1.54) is 231 Å². The van der Waals surface area contributed by atoms with Crippen LogP contribution in [0.25, 0.3) is 0 Å². The standard InChI is InChI=1S/C54H105NO5/c1-3-5-7-9-11-13-14-15-16-18-22-25-28-32-36-40-44-48-54(59)60-49-45-41-37-33-29-26-23-20-17-19-21-24-27-31-35-39-43-47-53(58)55-51(50-56)52(57)46-42-38-34-30-12-10-8-6-4-2/h42,46,51-52,56-57H,3-41,43-45,47-50H2,1-2H3,(H,55,58)/b46-42+. The predicted octanol–water partition coefficient (Wildman–Crippen LogP) is 16.1. The number of aliphatic hydroxyl groups is 2. The summed E-state index contributed by atoms with van der Waals surface area (Å²) in [6.45, 7) is 4.88. The van der Waals surface area contributed by atoms with Gasteiger partial charge in [-0.05, 0) is 32.1 Å². The minimum Gasteiger partial charge on any atom is -0.466 e. The van der Waals surface area contributed by atoms with Crippen LogP contribution in [0.5, 0.6) is 0 Å². The van der Waals surface area contributed by atoms with Crippen LogP contribution in [0.3, 0.4) is 0 Å². The largest absolute Gasteiger partial charge is 0.466 e. The monoisotopic (exact) mass is 848 g/mol. The normalized spacial score (nSPS) is 12.7. The molecule has 0 bridgehead atoms. The molecule has 6 heteroatoms. The fourth-order valence-corrected chi connectivity index (χ4v) is 8.40. The summed E-state index contributed by atoms with van der Waals surface area (Å²) < 4.78 is 5.48. The molecule has 0 aromatic carbocycles. The van der Waals surface area contributed by atoms with Gasteiger partial charge in [-0.15, -0.1) is 0 Å². The average Bonchev–Trinajstić information content (AvgIpc) is 3.25. The van der Waals surface area contributed by atoms with Crippen LogP contribution in [0.4, 0.5) is 0 Å². The third-order valence-electron chi connectivity index (χ3n) is 12.6. The van der Waals surface area contributed by atoms with Crippen LogP contribution >= 0.6 is 0 Å². The number of rotatable bonds is 50. The number of hydrogen-bond acceptors (Lipinski definition) is 5. The Morgan fingerprint density at radius 3 is 1.13 bits per heavy atom. The second-order valence-electron chi connectivity index (χ2n) is 18.6. The first-order valence-electron chi connectivity index (χ1n) is 27.0. The van der Waals surface area contributed by atoms with Crippen LogP contribution in [0.1, 0.15) is 296 Å². The lowest BCUT2D eigenvalue weighted by Gasteiger charge is -2.20. The smallest absolute Gasteiger partial charge is 0.305 e. The highest BCUT2D eigenvalue weighted by Crippen LogP contribution is 2.17. The number of carbonyl (C=O) groups excluding carboxylic acids is 2. The van der Waals surface area contributed by atoms with E-state index in [4.69, 9.17) is 4.74 Å². The number of hydrogen-bond donors (Lipinski definition) is 3. The summed E-state index contributed by atoms with van der Waals surface area (Å²) in [6.07, 6.45) is 58.0. The summed E-state index contributed by atoms with van der Waals surface area (Å²) in [5.41, 5.74) is 0. The first kappa shape index (κ1) is 58.6. The van der Waals surface area contributed by atoms with E-state index in [1.807, 2.05) is 6.08 Å². The van der Waals surface area contributed by atoms with Gasteiger partial charge in [-0.2, -0.15) is 0 Å². The topological polar surface area (TPSA) is 95.9 Å². The molecule has 0 saturated carbocycles. The highest BCUT2D eigenvalue weighted by Gasteiger charge is 2.18. The van der Waals surface area contributed by atoms with Gasteiger partial charge in [-0.25, -0.2) is 0 Å². The van der Waals surface area contributed by atoms with Gasteiger partial charge in [0, 0.05) is 12.8 Å². The zero-order chi connectivity index (χ0) is 43.7. The molecule has 0 radical (unpaired) electrons. The Morgan fingerprint density at radius 1 is 0.450 bits per heavy atom. The van der Waals surface area contributed by atoms with Crippen molar-refractivity contribution < 1.29 is 24.5 Å². The van der Waals surface area contributed by atoms with E-state index in [9.17, 15) is 19.8 Å². The maximum Gasteiger partial charge on any atom is 0.305 e. The van der Waals surface area contributed by atoms with Gasteiger partial charge >= 0.3 is 5.97 Å². The van der Waals surface area contributed by atoms with Crippen LogP contribution in [0, 0.1) is 0 Å². The summed E-state index contributed by atoms with van der Waals surface area (Å²) in [4.78, 5) is 24.4. The van der Waals surface area contributed by atoms with Crippen molar-refractivity contribution in [3.05, 3.63) is 12.2 Å². The number of allylic oxidation sites excluding steroid dienone is 1. The van der Waals surface area contributed by atoms with E-state index in [-0.39, 0.29) is 18.5 Å². The molecule has 0 fully saturated rings. The van der Waals surface area contributed by atoms with Gasteiger partial charge in [-0.3, -0.25) is 9.59 Å². The minimum atomic E-state index is -0.844. The first-order valence-corrected chi connectivity index (χ1v) is 27.0. The molecule has 0 aliphatic rings. The highest BCUT2D eigenvalue weighted by molar-refractivity contribution is 5.76. The van der Waals surface area contributed by atoms with Gasteiger partial charge in [0.1, 0.15) is 0 Å². The second kappa shape index (κ2) is 50.2. The van der Waals surface area contributed by atoms with Crippen molar-refractivity contribution in [3.8, 4) is 0 Å². The van der Waals surface area contributed by atoms with E-state index in [0.717, 1.165) is 38.5 Å². The average molecular weight is 848 g/mol. The van der Waals surface area contributed by atoms with Gasteiger partial charge in [-0.1, -0.05) is 264 Å². The van der Waals surface area contributed by atoms with Crippen molar-refractivity contribution in [3.63, 3.8) is 0 Å². The molecule has 3 N–H and O–H groups in total. The van der Waals surface area contributed by atoms with Crippen LogP contribution in [0.2, 0.25) is 0 Å². The van der Waals surface area contributed by atoms with Crippen molar-refractivity contribution in [2.75, 3.05) is 13.2 Å². The van der Waals surface area contributed by atoms with E-state index in [2.05, 4.69) is 19.2 Å². The van der Waals surface area contributed by atoms with Gasteiger partial charge in [0.25, 0.3) is 0 Å². The van der Waals surface area contributed by atoms with Gasteiger partial charge in [0.2, 0.25) is 5.91 Å². The Kier molecular flexibility index (Phi) is 49.1. The fraction of sp³-hybridized carbons (Fsp3) is 0.926. The fourth-order valence-electron chi connectivity index (χ4n) is 8.40. The Balaban J connectivity index is 3.37. The zero-order valence-corrected chi connectivity index (χ0v) is 40.5. The Morgan fingerprint density at radius 2 is 0.767 bits per heavy atom. The molecule has 60 heavy (non-hydrogen) atoms. The molecule has 0 heterocycles. The molecule has 0 aromatic heterocycles. The molecular weight excluding hydrogens is 743 g/mol. The van der Waals surface area contributed by atoms with Crippen LogP contribution in [-0.4, -0.2) is 47.4 Å². The molecule has 2 atom stereocenters. The SMILES string of the molecule is CCCCCCCCC/C=C/C(O)C(CO)NC(=O)CCCCCCCCCCCCCCCCCCCOC(=O)CCCCCCCCCCCCCCCCCCC. The molecule has 1 amide bonds. The van der Waals surface area contributed by atoms with Gasteiger partial charge < -0.3 is 20.3 Å². The molecule has 356 valence electrons. The van der Waals surface area contributed by atoms with Crippen LogP contribution < -0.4 is 5.32 Å². The maximum atomic E-state index is 12.4. The Bertz CT molecular complexity index is 893. The van der Waals surface area contributed by atoms with Crippen molar-refractivity contribution in [2.45, 2.75) is 309 Å². The third-order valence-corrected chi connectivity index (χ3v) is 12.6. The number of aliphatic hydroxyl groups excluding tert-OH is 2. The van der Waals surface area contributed by atoms with Gasteiger partial charge in [0.05, 0.1) is 25.4 Å². The lowest BCUT2D eigenvalue weighted by atomic mass is 10.0. The van der Waals surface area contributed by atoms with Gasteiger partial charge in [0.15, 0.2) is 0 Å².